The van der Waals surface area contributed by atoms with Crippen LogP contribution in [0.3, 0.4) is 0 Å². The number of anilines is 1. The van der Waals surface area contributed by atoms with E-state index in [1.807, 2.05) is 39.2 Å². The second-order valence-electron chi connectivity index (χ2n) is 5.13. The number of benzene rings is 1. The summed E-state index contributed by atoms with van der Waals surface area (Å²) in [5.41, 5.74) is 6.43. The van der Waals surface area contributed by atoms with Crippen LogP contribution in [0.25, 0.3) is 0 Å². The van der Waals surface area contributed by atoms with Gasteiger partial charge in [0, 0.05) is 11.6 Å². The van der Waals surface area contributed by atoms with E-state index in [1.165, 1.54) is 0 Å². The third kappa shape index (κ3) is 3.81. The van der Waals surface area contributed by atoms with Crippen molar-refractivity contribution in [3.8, 4) is 11.5 Å². The highest BCUT2D eigenvalue weighted by atomic mass is 16.5. The zero-order valence-electron chi connectivity index (χ0n) is 12.0. The predicted molar refractivity (Wildman–Crippen MR) is 75.3 cm³/mol. The molecule has 0 saturated carbocycles. The maximum atomic E-state index is 5.82. The third-order valence-electron chi connectivity index (χ3n) is 3.09. The van der Waals surface area contributed by atoms with E-state index >= 15 is 0 Å². The van der Waals surface area contributed by atoms with Crippen LogP contribution in [0.5, 0.6) is 11.5 Å². The van der Waals surface area contributed by atoms with Gasteiger partial charge in [0.25, 0.3) is 0 Å². The molecule has 1 aromatic rings. The van der Waals surface area contributed by atoms with Crippen molar-refractivity contribution < 1.29 is 9.47 Å². The largest absolute Gasteiger partial charge is 0.492 e. The maximum absolute atomic E-state index is 5.82. The minimum Gasteiger partial charge on any atom is -0.492 e. The van der Waals surface area contributed by atoms with Gasteiger partial charge in [0.05, 0.1) is 12.3 Å². The lowest BCUT2D eigenvalue weighted by atomic mass is 10.1. The third-order valence-corrected chi connectivity index (χ3v) is 3.09. The highest BCUT2D eigenvalue weighted by Gasteiger charge is 2.21. The zero-order chi connectivity index (χ0) is 13.8. The summed E-state index contributed by atoms with van der Waals surface area (Å²) in [6, 6.07) is 5.51. The summed E-state index contributed by atoms with van der Waals surface area (Å²) in [4.78, 5) is 2.13. The van der Waals surface area contributed by atoms with E-state index in [4.69, 9.17) is 15.2 Å². The van der Waals surface area contributed by atoms with E-state index < -0.39 is 0 Å². The molecule has 1 aromatic carbocycles. The molecule has 0 unspecified atom stereocenters. The lowest BCUT2D eigenvalue weighted by Crippen LogP contribution is -2.43. The van der Waals surface area contributed by atoms with Crippen LogP contribution in [0, 0.1) is 0 Å². The van der Waals surface area contributed by atoms with Crippen LogP contribution in [0.15, 0.2) is 18.2 Å². The van der Waals surface area contributed by atoms with Crippen molar-refractivity contribution in [1.29, 1.82) is 0 Å². The first-order valence-corrected chi connectivity index (χ1v) is 6.19. The minimum absolute atomic E-state index is 0.0207. The van der Waals surface area contributed by atoms with Crippen molar-refractivity contribution in [2.75, 3.05) is 33.0 Å². The summed E-state index contributed by atoms with van der Waals surface area (Å²) < 4.78 is 11.2. The van der Waals surface area contributed by atoms with Crippen LogP contribution in [0.1, 0.15) is 20.8 Å². The van der Waals surface area contributed by atoms with E-state index in [0.717, 1.165) is 5.75 Å². The SMILES string of the molecule is CCOc1cc(OCC(C)(C)N(C)C)ccc1N. The molecule has 0 aromatic heterocycles. The average molecular weight is 252 g/mol. The molecule has 2 N–H and O–H groups in total. The first-order valence-electron chi connectivity index (χ1n) is 6.19. The van der Waals surface area contributed by atoms with Crippen molar-refractivity contribution in [1.82, 2.24) is 4.90 Å². The zero-order valence-corrected chi connectivity index (χ0v) is 12.0. The fraction of sp³-hybridized carbons (Fsp3) is 0.571. The molecule has 0 bridgehead atoms. The first kappa shape index (κ1) is 14.6. The van der Waals surface area contributed by atoms with Gasteiger partial charge in [0.1, 0.15) is 18.1 Å². The van der Waals surface area contributed by atoms with Crippen molar-refractivity contribution in [3.05, 3.63) is 18.2 Å². The fourth-order valence-electron chi connectivity index (χ4n) is 1.27. The normalized spacial score (nSPS) is 11.7. The monoisotopic (exact) mass is 252 g/mol. The average Bonchev–Trinajstić information content (AvgIpc) is 2.30. The summed E-state index contributed by atoms with van der Waals surface area (Å²) in [7, 11) is 4.08. The number of nitrogen functional groups attached to an aromatic ring is 1. The quantitative estimate of drug-likeness (QED) is 0.790. The van der Waals surface area contributed by atoms with Gasteiger partial charge in [-0.2, -0.15) is 0 Å². The molecule has 0 heterocycles. The number of likely N-dealkylation sites (N-methyl/N-ethyl adjacent to an activating group) is 1. The Labute approximate surface area is 110 Å². The van der Waals surface area contributed by atoms with Crippen LogP contribution in [0.4, 0.5) is 5.69 Å². The van der Waals surface area contributed by atoms with Crippen LogP contribution in [-0.4, -0.2) is 37.7 Å². The standard InChI is InChI=1S/C14H24N2O2/c1-6-17-13-9-11(7-8-12(13)15)18-10-14(2,3)16(4)5/h7-9H,6,10,15H2,1-5H3. The summed E-state index contributed by atoms with van der Waals surface area (Å²) in [6.45, 7) is 7.40. The lowest BCUT2D eigenvalue weighted by molar-refractivity contribution is 0.114. The van der Waals surface area contributed by atoms with E-state index in [1.54, 1.807) is 0 Å². The second-order valence-corrected chi connectivity index (χ2v) is 5.13. The molecule has 0 fully saturated rings. The lowest BCUT2D eigenvalue weighted by Gasteiger charge is -2.32. The molecule has 0 radical (unpaired) electrons. The molecule has 18 heavy (non-hydrogen) atoms. The van der Waals surface area contributed by atoms with Crippen LogP contribution >= 0.6 is 0 Å². The Kier molecular flexibility index (Phi) is 4.84. The summed E-state index contributed by atoms with van der Waals surface area (Å²) in [5, 5.41) is 0. The predicted octanol–water partition coefficient (Wildman–Crippen LogP) is 2.39. The fourth-order valence-corrected chi connectivity index (χ4v) is 1.27. The number of rotatable bonds is 6. The van der Waals surface area contributed by atoms with Gasteiger partial charge >= 0.3 is 0 Å². The number of nitrogens with zero attached hydrogens (tertiary/aromatic N) is 1. The minimum atomic E-state index is -0.0207. The molecular weight excluding hydrogens is 228 g/mol. The van der Waals surface area contributed by atoms with Crippen LogP contribution in [0.2, 0.25) is 0 Å². The molecule has 0 aliphatic heterocycles. The molecule has 1 rings (SSSR count). The van der Waals surface area contributed by atoms with Crippen molar-refractivity contribution in [2.24, 2.45) is 0 Å². The van der Waals surface area contributed by atoms with Crippen molar-refractivity contribution in [3.63, 3.8) is 0 Å². The topological polar surface area (TPSA) is 47.7 Å². The molecule has 0 saturated heterocycles. The Balaban J connectivity index is 2.71. The van der Waals surface area contributed by atoms with Gasteiger partial charge in [0.15, 0.2) is 0 Å². The molecule has 0 aliphatic carbocycles. The molecule has 4 nitrogen and oxygen atoms in total. The molecule has 0 amide bonds. The summed E-state index contributed by atoms with van der Waals surface area (Å²) >= 11 is 0. The van der Waals surface area contributed by atoms with Gasteiger partial charge in [-0.15, -0.1) is 0 Å². The summed E-state index contributed by atoms with van der Waals surface area (Å²) in [5.74, 6) is 1.46. The van der Waals surface area contributed by atoms with E-state index in [9.17, 15) is 0 Å². The molecule has 102 valence electrons. The Hall–Kier alpha value is -1.42. The van der Waals surface area contributed by atoms with Crippen molar-refractivity contribution in [2.45, 2.75) is 26.3 Å². The van der Waals surface area contributed by atoms with E-state index in [0.29, 0.717) is 24.7 Å². The maximum Gasteiger partial charge on any atom is 0.145 e. The Bertz CT molecular complexity index is 389. The van der Waals surface area contributed by atoms with Gasteiger partial charge < -0.3 is 20.1 Å². The van der Waals surface area contributed by atoms with E-state index in [2.05, 4.69) is 18.7 Å². The number of hydrogen-bond acceptors (Lipinski definition) is 4. The molecule has 0 spiro atoms. The number of ether oxygens (including phenoxy) is 2. The molecule has 4 heteroatoms. The van der Waals surface area contributed by atoms with Gasteiger partial charge in [-0.05, 0) is 47.0 Å². The number of nitrogens with two attached hydrogens (primary N) is 1. The highest BCUT2D eigenvalue weighted by molar-refractivity contribution is 5.55. The van der Waals surface area contributed by atoms with Gasteiger partial charge in [-0.1, -0.05) is 0 Å². The number of hydrogen-bond donors (Lipinski definition) is 1. The van der Waals surface area contributed by atoms with Crippen LogP contribution in [-0.2, 0) is 0 Å². The first-order chi connectivity index (χ1) is 8.36. The molecule has 0 aliphatic rings. The second kappa shape index (κ2) is 5.96. The smallest absolute Gasteiger partial charge is 0.145 e. The Morgan fingerprint density at radius 1 is 1.22 bits per heavy atom. The van der Waals surface area contributed by atoms with Gasteiger partial charge in [-0.25, -0.2) is 0 Å². The molecule has 0 atom stereocenters. The molecular formula is C14H24N2O2. The van der Waals surface area contributed by atoms with Gasteiger partial charge in [0.2, 0.25) is 0 Å². The van der Waals surface area contributed by atoms with Crippen molar-refractivity contribution >= 4 is 5.69 Å². The Morgan fingerprint density at radius 3 is 2.44 bits per heavy atom. The Morgan fingerprint density at radius 2 is 1.89 bits per heavy atom. The van der Waals surface area contributed by atoms with Gasteiger partial charge in [-0.3, -0.25) is 0 Å². The van der Waals surface area contributed by atoms with Crippen LogP contribution < -0.4 is 15.2 Å². The highest BCUT2D eigenvalue weighted by Crippen LogP contribution is 2.27. The van der Waals surface area contributed by atoms with E-state index in [-0.39, 0.29) is 5.54 Å². The summed E-state index contributed by atoms with van der Waals surface area (Å²) in [6.07, 6.45) is 0.